The molecule has 2 rings (SSSR count). The summed E-state index contributed by atoms with van der Waals surface area (Å²) in [4.78, 5) is 42.0. The van der Waals surface area contributed by atoms with Crippen molar-refractivity contribution in [3.05, 3.63) is 64.2 Å². The van der Waals surface area contributed by atoms with Crippen molar-refractivity contribution in [1.82, 2.24) is 10.2 Å². The molecule has 0 aliphatic rings. The molecule has 7 nitrogen and oxygen atoms in total. The number of ether oxygens (including phenoxy) is 1. The first-order valence-corrected chi connectivity index (χ1v) is 13.1. The topological polar surface area (TPSA) is 87.7 Å². The van der Waals surface area contributed by atoms with Crippen molar-refractivity contribution in [2.24, 2.45) is 5.92 Å². The van der Waals surface area contributed by atoms with Gasteiger partial charge in [0.2, 0.25) is 5.91 Å². The highest BCUT2D eigenvalue weighted by Gasteiger charge is 2.37. The van der Waals surface area contributed by atoms with Crippen molar-refractivity contribution >= 4 is 35.2 Å². The normalized spacial score (nSPS) is 13.0. The lowest BCUT2D eigenvalue weighted by molar-refractivity contribution is -0.141. The van der Waals surface area contributed by atoms with E-state index in [1.165, 1.54) is 4.90 Å². The van der Waals surface area contributed by atoms with Crippen LogP contribution in [0.3, 0.4) is 0 Å². The van der Waals surface area contributed by atoms with Crippen LogP contribution in [0, 0.1) is 19.8 Å². The Bertz CT molecular complexity index is 1070. The maximum atomic E-state index is 14.0. The Morgan fingerprint density at radius 1 is 1.03 bits per heavy atom. The van der Waals surface area contributed by atoms with Crippen molar-refractivity contribution in [2.45, 2.75) is 79.5 Å². The van der Waals surface area contributed by atoms with Crippen molar-refractivity contribution < 1.29 is 19.1 Å². The number of halogens is 1. The highest BCUT2D eigenvalue weighted by atomic mass is 35.5. The van der Waals surface area contributed by atoms with E-state index in [4.69, 9.17) is 16.3 Å². The molecule has 0 saturated heterocycles. The molecule has 0 aliphatic carbocycles. The van der Waals surface area contributed by atoms with E-state index in [1.807, 2.05) is 71.0 Å². The van der Waals surface area contributed by atoms with Crippen LogP contribution < -0.4 is 10.6 Å². The van der Waals surface area contributed by atoms with Gasteiger partial charge in [0.05, 0.1) is 10.7 Å². The largest absolute Gasteiger partial charge is 0.444 e. The molecule has 0 bridgehead atoms. The zero-order chi connectivity index (χ0) is 27.9. The number of anilines is 1. The van der Waals surface area contributed by atoms with Gasteiger partial charge in [0, 0.05) is 6.54 Å². The number of carbonyl (C=O) groups excluding carboxylic acids is 3. The fourth-order valence-electron chi connectivity index (χ4n) is 3.94. The summed E-state index contributed by atoms with van der Waals surface area (Å²) in [5, 5.41) is 6.09. The maximum Gasteiger partial charge on any atom is 0.408 e. The molecule has 2 unspecified atom stereocenters. The monoisotopic (exact) mass is 529 g/mol. The number of hydrogen-bond acceptors (Lipinski definition) is 4. The number of amides is 3. The second kappa shape index (κ2) is 13.0. The first-order chi connectivity index (χ1) is 17.2. The molecule has 0 heterocycles. The van der Waals surface area contributed by atoms with Crippen LogP contribution in [0.2, 0.25) is 5.02 Å². The van der Waals surface area contributed by atoms with Crippen molar-refractivity contribution in [2.75, 3.05) is 11.9 Å². The van der Waals surface area contributed by atoms with Crippen LogP contribution in [0.25, 0.3) is 0 Å². The Balaban J connectivity index is 2.51. The molecule has 8 heteroatoms. The van der Waals surface area contributed by atoms with Crippen LogP contribution in [-0.4, -0.2) is 41.0 Å². The van der Waals surface area contributed by atoms with Gasteiger partial charge in [-0.25, -0.2) is 4.79 Å². The van der Waals surface area contributed by atoms with E-state index in [-0.39, 0.29) is 17.7 Å². The average Bonchev–Trinajstić information content (AvgIpc) is 2.79. The molecule has 2 aromatic rings. The molecule has 2 atom stereocenters. The number of para-hydroxylation sites is 1. The highest BCUT2D eigenvalue weighted by molar-refractivity contribution is 6.34. The molecular formula is C29H40ClN3O4. The Morgan fingerprint density at radius 3 is 2.16 bits per heavy atom. The van der Waals surface area contributed by atoms with E-state index in [9.17, 15) is 14.4 Å². The molecular weight excluding hydrogens is 490 g/mol. The van der Waals surface area contributed by atoms with Gasteiger partial charge in [-0.1, -0.05) is 74.3 Å². The molecule has 0 spiro atoms. The van der Waals surface area contributed by atoms with Gasteiger partial charge >= 0.3 is 6.09 Å². The predicted octanol–water partition coefficient (Wildman–Crippen LogP) is 6.42. The second-order valence-electron chi connectivity index (χ2n) is 10.6. The van der Waals surface area contributed by atoms with E-state index in [1.54, 1.807) is 26.8 Å². The second-order valence-corrected chi connectivity index (χ2v) is 11.0. The van der Waals surface area contributed by atoms with Gasteiger partial charge in [-0.05, 0) is 64.2 Å². The van der Waals surface area contributed by atoms with Crippen molar-refractivity contribution in [1.29, 1.82) is 0 Å². The van der Waals surface area contributed by atoms with Gasteiger partial charge in [-0.2, -0.15) is 0 Å². The van der Waals surface area contributed by atoms with Gasteiger partial charge in [0.25, 0.3) is 5.91 Å². The lowest BCUT2D eigenvalue weighted by Crippen LogP contribution is -2.54. The molecule has 3 amide bonds. The third-order valence-corrected chi connectivity index (χ3v) is 6.09. The first-order valence-electron chi connectivity index (χ1n) is 12.7. The first kappa shape index (κ1) is 30.2. The van der Waals surface area contributed by atoms with Crippen molar-refractivity contribution in [3.63, 3.8) is 0 Å². The molecule has 0 aliphatic heterocycles. The third kappa shape index (κ3) is 8.49. The van der Waals surface area contributed by atoms with Crippen LogP contribution in [0.4, 0.5) is 10.5 Å². The summed E-state index contributed by atoms with van der Waals surface area (Å²) in [6.07, 6.45) is -0.0666. The fourth-order valence-corrected chi connectivity index (χ4v) is 4.21. The lowest BCUT2D eigenvalue weighted by atomic mass is 9.98. The number of hydrogen-bond donors (Lipinski definition) is 2. The summed E-state index contributed by atoms with van der Waals surface area (Å²) in [5.41, 5.74) is 2.29. The van der Waals surface area contributed by atoms with Crippen molar-refractivity contribution in [3.8, 4) is 0 Å². The van der Waals surface area contributed by atoms with E-state index >= 15 is 0 Å². The summed E-state index contributed by atoms with van der Waals surface area (Å²) in [7, 11) is 0. The summed E-state index contributed by atoms with van der Waals surface area (Å²) in [6, 6.07) is 11.1. The Hall–Kier alpha value is -3.06. The molecule has 2 N–H and O–H groups in total. The molecule has 0 saturated carbocycles. The van der Waals surface area contributed by atoms with E-state index in [2.05, 4.69) is 10.6 Å². The molecule has 0 radical (unpaired) electrons. The molecule has 0 fully saturated rings. The number of benzene rings is 2. The molecule has 202 valence electrons. The van der Waals surface area contributed by atoms with Crippen LogP contribution >= 0.6 is 11.6 Å². The van der Waals surface area contributed by atoms with Crippen LogP contribution in [0.1, 0.15) is 70.7 Å². The number of nitrogens with zero attached hydrogens (tertiary/aromatic N) is 1. The van der Waals surface area contributed by atoms with E-state index < -0.39 is 23.8 Å². The zero-order valence-corrected chi connectivity index (χ0v) is 23.9. The minimum absolute atomic E-state index is 0.244. The Labute approximate surface area is 225 Å². The minimum atomic E-state index is -0.939. The predicted molar refractivity (Wildman–Crippen MR) is 149 cm³/mol. The molecule has 37 heavy (non-hydrogen) atoms. The number of carbonyl (C=O) groups is 3. The lowest BCUT2D eigenvalue weighted by Gasteiger charge is -2.35. The fraction of sp³-hybridized carbons (Fsp3) is 0.483. The molecule has 0 aromatic heterocycles. The maximum absolute atomic E-state index is 14.0. The van der Waals surface area contributed by atoms with Gasteiger partial charge in [-0.15, -0.1) is 0 Å². The van der Waals surface area contributed by atoms with E-state index in [0.29, 0.717) is 29.2 Å². The Morgan fingerprint density at radius 2 is 1.65 bits per heavy atom. The van der Waals surface area contributed by atoms with E-state index in [0.717, 1.165) is 11.1 Å². The number of nitrogens with one attached hydrogen (secondary N) is 2. The smallest absolute Gasteiger partial charge is 0.408 e. The summed E-state index contributed by atoms with van der Waals surface area (Å²) in [6.45, 7) is 15.0. The van der Waals surface area contributed by atoms with Crippen LogP contribution in [-0.2, 0) is 14.3 Å². The SMILES string of the molecule is CCCN(C(=O)C(NC(=O)OC(C)(C)C)C(C)C)C(C(=O)Nc1c(C)cccc1Cl)c1ccc(C)cc1. The van der Waals surface area contributed by atoms with Gasteiger partial charge in [0.15, 0.2) is 0 Å². The summed E-state index contributed by atoms with van der Waals surface area (Å²) < 4.78 is 5.40. The summed E-state index contributed by atoms with van der Waals surface area (Å²) >= 11 is 6.39. The Kier molecular flexibility index (Phi) is 10.6. The standard InChI is InChI=1S/C29H40ClN3O4/c1-9-17-33(27(35)23(18(2)3)32-28(36)37-29(6,7)8)25(21-15-13-19(4)14-16-21)26(34)31-24-20(5)11-10-12-22(24)30/h10-16,18,23,25H,9,17H2,1-8H3,(H,31,34)(H,32,36). The zero-order valence-electron chi connectivity index (χ0n) is 23.1. The van der Waals surface area contributed by atoms with Crippen LogP contribution in [0.15, 0.2) is 42.5 Å². The quantitative estimate of drug-likeness (QED) is 0.392. The number of rotatable bonds is 9. The number of aryl methyl sites for hydroxylation is 2. The summed E-state index contributed by atoms with van der Waals surface area (Å²) in [5.74, 6) is -0.993. The van der Waals surface area contributed by atoms with Crippen LogP contribution in [0.5, 0.6) is 0 Å². The average molecular weight is 530 g/mol. The van der Waals surface area contributed by atoms with Gasteiger partial charge in [-0.3, -0.25) is 9.59 Å². The minimum Gasteiger partial charge on any atom is -0.444 e. The van der Waals surface area contributed by atoms with Gasteiger partial charge < -0.3 is 20.3 Å². The third-order valence-electron chi connectivity index (χ3n) is 5.78. The highest BCUT2D eigenvalue weighted by Crippen LogP contribution is 2.30. The van der Waals surface area contributed by atoms with Gasteiger partial charge in [0.1, 0.15) is 17.7 Å². The molecule has 2 aromatic carbocycles. The number of alkyl carbamates (subject to hydrolysis) is 1.